The zero-order chi connectivity index (χ0) is 18.1. The van der Waals surface area contributed by atoms with Crippen molar-refractivity contribution in [1.29, 1.82) is 0 Å². The third-order valence-corrected chi connectivity index (χ3v) is 5.76. The van der Waals surface area contributed by atoms with Crippen molar-refractivity contribution < 1.29 is 27.9 Å². The summed E-state index contributed by atoms with van der Waals surface area (Å²) in [7, 11) is -4.04. The molecule has 8 nitrogen and oxygen atoms in total. The summed E-state index contributed by atoms with van der Waals surface area (Å²) in [6.07, 6.45) is -2.35. The minimum absolute atomic E-state index is 0.0678. The van der Waals surface area contributed by atoms with Crippen molar-refractivity contribution in [3.63, 3.8) is 0 Å². The monoisotopic (exact) mass is 376 g/mol. The van der Waals surface area contributed by atoms with E-state index in [9.17, 15) is 23.1 Å². The van der Waals surface area contributed by atoms with Gasteiger partial charge in [-0.05, 0) is 31.2 Å². The number of hydrogen-bond donors (Lipinski definition) is 2. The normalized spacial score (nSPS) is 23.0. The maximum atomic E-state index is 12.7. The van der Waals surface area contributed by atoms with E-state index in [4.69, 9.17) is 22.1 Å². The van der Waals surface area contributed by atoms with E-state index in [1.165, 1.54) is 31.2 Å². The van der Waals surface area contributed by atoms with Crippen LogP contribution in [-0.2, 0) is 24.3 Å². The second kappa shape index (κ2) is 7.06. The van der Waals surface area contributed by atoms with Crippen molar-refractivity contribution in [1.82, 2.24) is 4.31 Å². The van der Waals surface area contributed by atoms with E-state index in [0.717, 1.165) is 4.31 Å². The smallest absolute Gasteiger partial charge is 0.325 e. The van der Waals surface area contributed by atoms with Gasteiger partial charge in [-0.25, -0.2) is 8.42 Å². The predicted molar refractivity (Wildman–Crippen MR) is 84.5 cm³/mol. The molecule has 0 aromatic heterocycles. The Morgan fingerprint density at radius 2 is 1.96 bits per heavy atom. The number of primary amides is 1. The van der Waals surface area contributed by atoms with Crippen LogP contribution in [0.3, 0.4) is 0 Å². The summed E-state index contributed by atoms with van der Waals surface area (Å²) in [5, 5.41) is 10.2. The first-order chi connectivity index (χ1) is 11.1. The van der Waals surface area contributed by atoms with E-state index >= 15 is 0 Å². The number of ether oxygens (including phenoxy) is 1. The number of esters is 1. The summed E-state index contributed by atoms with van der Waals surface area (Å²) in [5.41, 5.74) is 5.03. The lowest BCUT2D eigenvalue weighted by Crippen LogP contribution is -2.43. The number of amides is 1. The molecule has 3 atom stereocenters. The van der Waals surface area contributed by atoms with Crippen molar-refractivity contribution in [2.24, 2.45) is 5.73 Å². The van der Waals surface area contributed by atoms with Crippen LogP contribution < -0.4 is 5.73 Å². The fourth-order valence-electron chi connectivity index (χ4n) is 2.32. The van der Waals surface area contributed by atoms with E-state index < -0.39 is 40.1 Å². The van der Waals surface area contributed by atoms with Crippen molar-refractivity contribution in [3.05, 3.63) is 29.3 Å². The molecular formula is C14H17ClN2O6S. The van der Waals surface area contributed by atoms with Crippen LogP contribution in [0.5, 0.6) is 0 Å². The number of nitrogens with zero attached hydrogens (tertiary/aromatic N) is 1. The van der Waals surface area contributed by atoms with Crippen LogP contribution in [0.2, 0.25) is 5.02 Å². The van der Waals surface area contributed by atoms with E-state index in [0.29, 0.717) is 5.02 Å². The Kier molecular flexibility index (Phi) is 5.49. The average molecular weight is 377 g/mol. The van der Waals surface area contributed by atoms with Gasteiger partial charge in [-0.1, -0.05) is 11.6 Å². The summed E-state index contributed by atoms with van der Waals surface area (Å²) in [6, 6.07) is 4.18. The molecule has 3 N–H and O–H groups in total. The molecule has 1 heterocycles. The molecule has 0 saturated carbocycles. The first-order valence-corrected chi connectivity index (χ1v) is 8.90. The Morgan fingerprint density at radius 3 is 2.50 bits per heavy atom. The van der Waals surface area contributed by atoms with Crippen molar-refractivity contribution in [2.45, 2.75) is 36.5 Å². The first kappa shape index (κ1) is 18.7. The largest absolute Gasteiger partial charge is 0.451 e. The van der Waals surface area contributed by atoms with Crippen molar-refractivity contribution in [3.8, 4) is 0 Å². The summed E-state index contributed by atoms with van der Waals surface area (Å²) in [4.78, 5) is 23.1. The Labute approximate surface area is 144 Å². The second-order valence-corrected chi connectivity index (χ2v) is 7.74. The van der Waals surface area contributed by atoms with E-state index in [-0.39, 0.29) is 17.9 Å². The van der Waals surface area contributed by atoms with Gasteiger partial charge in [0.2, 0.25) is 10.0 Å². The van der Waals surface area contributed by atoms with Crippen LogP contribution in [0.15, 0.2) is 29.2 Å². The van der Waals surface area contributed by atoms with Gasteiger partial charge in [0, 0.05) is 18.0 Å². The van der Waals surface area contributed by atoms with Gasteiger partial charge in [0.25, 0.3) is 5.91 Å². The molecule has 0 radical (unpaired) electrons. The van der Waals surface area contributed by atoms with Gasteiger partial charge >= 0.3 is 5.97 Å². The van der Waals surface area contributed by atoms with E-state index in [1.807, 2.05) is 0 Å². The fraction of sp³-hybridized carbons (Fsp3) is 0.429. The molecule has 1 aromatic carbocycles. The molecular weight excluding hydrogens is 360 g/mol. The minimum Gasteiger partial charge on any atom is -0.451 e. The molecule has 1 aromatic rings. The zero-order valence-corrected chi connectivity index (χ0v) is 14.3. The molecule has 2 rings (SSSR count). The van der Waals surface area contributed by atoms with Gasteiger partial charge in [-0.3, -0.25) is 9.59 Å². The van der Waals surface area contributed by atoms with Gasteiger partial charge in [0.1, 0.15) is 6.04 Å². The molecule has 1 aliphatic rings. The van der Waals surface area contributed by atoms with Crippen LogP contribution >= 0.6 is 11.6 Å². The predicted octanol–water partition coefficient (Wildman–Crippen LogP) is -0.119. The first-order valence-electron chi connectivity index (χ1n) is 7.08. The molecule has 0 aliphatic carbocycles. The molecule has 1 aliphatic heterocycles. The molecule has 0 spiro atoms. The van der Waals surface area contributed by atoms with Gasteiger partial charge in [0.05, 0.1) is 11.0 Å². The summed E-state index contributed by atoms with van der Waals surface area (Å²) >= 11 is 5.74. The molecule has 1 saturated heterocycles. The number of halogens is 1. The van der Waals surface area contributed by atoms with Crippen LogP contribution in [-0.4, -0.2) is 54.5 Å². The standard InChI is InChI=1S/C14H17ClN2O6S/c1-8(13(16)19)23-14(20)12-6-10(18)7-17(12)24(21,22)11-4-2-9(15)3-5-11/h2-5,8,10,12,18H,6-7H2,1H3,(H2,16,19)/t8-,10+,12-/m0/s1. The second-order valence-electron chi connectivity index (χ2n) is 5.42. The van der Waals surface area contributed by atoms with Gasteiger partial charge in [-0.15, -0.1) is 0 Å². The van der Waals surface area contributed by atoms with Gasteiger partial charge < -0.3 is 15.6 Å². The Balaban J connectivity index is 2.27. The van der Waals surface area contributed by atoms with Crippen LogP contribution in [0.1, 0.15) is 13.3 Å². The third kappa shape index (κ3) is 3.86. The van der Waals surface area contributed by atoms with Crippen molar-refractivity contribution >= 4 is 33.5 Å². The van der Waals surface area contributed by atoms with Gasteiger partial charge in [0.15, 0.2) is 6.10 Å². The highest BCUT2D eigenvalue weighted by Crippen LogP contribution is 2.28. The number of hydrogen-bond acceptors (Lipinski definition) is 6. The minimum atomic E-state index is -4.04. The fourth-order valence-corrected chi connectivity index (χ4v) is 4.07. The van der Waals surface area contributed by atoms with E-state index in [2.05, 4.69) is 0 Å². The number of carbonyl (C=O) groups excluding carboxylic acids is 2. The number of benzene rings is 1. The number of sulfonamides is 1. The SMILES string of the molecule is C[C@H](OC(=O)[C@@H]1C[C@@H](O)CN1S(=O)(=O)c1ccc(Cl)cc1)C(N)=O. The van der Waals surface area contributed by atoms with Crippen LogP contribution in [0.4, 0.5) is 0 Å². The quantitative estimate of drug-likeness (QED) is 0.690. The summed E-state index contributed by atoms with van der Waals surface area (Å²) in [6.45, 7) is 1.03. The topological polar surface area (TPSA) is 127 Å². The average Bonchev–Trinajstić information content (AvgIpc) is 2.90. The number of aliphatic hydroxyl groups is 1. The Hall–Kier alpha value is -1.68. The molecule has 1 fully saturated rings. The molecule has 10 heteroatoms. The maximum Gasteiger partial charge on any atom is 0.325 e. The number of aliphatic hydroxyl groups excluding tert-OH is 1. The van der Waals surface area contributed by atoms with Gasteiger partial charge in [-0.2, -0.15) is 4.31 Å². The molecule has 1 amide bonds. The highest BCUT2D eigenvalue weighted by atomic mass is 35.5. The molecule has 24 heavy (non-hydrogen) atoms. The van der Waals surface area contributed by atoms with Crippen molar-refractivity contribution in [2.75, 3.05) is 6.54 Å². The lowest BCUT2D eigenvalue weighted by atomic mass is 10.2. The highest BCUT2D eigenvalue weighted by molar-refractivity contribution is 7.89. The molecule has 132 valence electrons. The lowest BCUT2D eigenvalue weighted by Gasteiger charge is -2.23. The molecule has 0 bridgehead atoms. The van der Waals surface area contributed by atoms with Crippen LogP contribution in [0, 0.1) is 0 Å². The highest BCUT2D eigenvalue weighted by Gasteiger charge is 2.44. The molecule has 0 unspecified atom stereocenters. The zero-order valence-electron chi connectivity index (χ0n) is 12.8. The lowest BCUT2D eigenvalue weighted by molar-refractivity contribution is -0.157. The van der Waals surface area contributed by atoms with E-state index in [1.54, 1.807) is 0 Å². The Bertz CT molecular complexity index is 736. The third-order valence-electron chi connectivity index (χ3n) is 3.62. The maximum absolute atomic E-state index is 12.7. The van der Waals surface area contributed by atoms with Crippen LogP contribution in [0.25, 0.3) is 0 Å². The summed E-state index contributed by atoms with van der Waals surface area (Å²) < 4.78 is 31.1. The number of rotatable bonds is 5. The number of carbonyl (C=O) groups is 2. The Morgan fingerprint density at radius 1 is 1.38 bits per heavy atom. The number of β-amino-alcohol motifs (C(OH)–C–C–N with tert-alkyl or cyclic N) is 1. The number of nitrogens with two attached hydrogens (primary N) is 1. The summed E-state index contributed by atoms with van der Waals surface area (Å²) in [5.74, 6) is -1.79.